The lowest BCUT2D eigenvalue weighted by molar-refractivity contribution is -0.0678. The summed E-state index contributed by atoms with van der Waals surface area (Å²) in [6.45, 7) is 3.01. The van der Waals surface area contributed by atoms with Crippen molar-refractivity contribution in [1.82, 2.24) is 14.7 Å². The second-order valence-electron chi connectivity index (χ2n) is 9.80. The molecule has 2 unspecified atom stereocenters. The van der Waals surface area contributed by atoms with Crippen LogP contribution in [0.5, 0.6) is 5.75 Å². The maximum atomic E-state index is 12.2. The van der Waals surface area contributed by atoms with Crippen molar-refractivity contribution in [2.24, 2.45) is 0 Å². The Labute approximate surface area is 183 Å². The number of aryl methyl sites for hydroxylation is 3. The maximum Gasteiger partial charge on any atom is 0.266 e. The number of hydrogen-bond donors (Lipinski definition) is 1. The second kappa shape index (κ2) is 8.06. The van der Waals surface area contributed by atoms with Gasteiger partial charge in [-0.05, 0) is 81.5 Å². The minimum atomic E-state index is -0.882. The molecule has 3 aliphatic rings. The summed E-state index contributed by atoms with van der Waals surface area (Å²) in [5.41, 5.74) is 3.96. The molecule has 0 amide bonds. The summed E-state index contributed by atoms with van der Waals surface area (Å²) in [6.07, 6.45) is 8.40. The SMILES string of the molecule is COc1cc2c(cc1CN1C3CCC1CC(O)(Cn1nc(C)ccc1=O)C3)CCCC2. The first-order valence-electron chi connectivity index (χ1n) is 11.7. The van der Waals surface area contributed by atoms with Gasteiger partial charge in [0.25, 0.3) is 5.56 Å². The van der Waals surface area contributed by atoms with E-state index in [1.165, 1.54) is 40.3 Å². The van der Waals surface area contributed by atoms with Gasteiger partial charge in [0, 0.05) is 30.3 Å². The number of rotatable bonds is 5. The summed E-state index contributed by atoms with van der Waals surface area (Å²) in [5.74, 6) is 0.997. The Morgan fingerprint density at radius 1 is 1.13 bits per heavy atom. The molecule has 2 aliphatic heterocycles. The topological polar surface area (TPSA) is 67.6 Å². The van der Waals surface area contributed by atoms with Gasteiger partial charge in [-0.25, -0.2) is 4.68 Å². The number of benzene rings is 1. The van der Waals surface area contributed by atoms with E-state index < -0.39 is 5.60 Å². The van der Waals surface area contributed by atoms with E-state index in [-0.39, 0.29) is 12.1 Å². The predicted molar refractivity (Wildman–Crippen MR) is 119 cm³/mol. The molecule has 2 atom stereocenters. The number of hydrogen-bond acceptors (Lipinski definition) is 5. The van der Waals surface area contributed by atoms with Crippen molar-refractivity contribution in [3.63, 3.8) is 0 Å². The van der Waals surface area contributed by atoms with Crippen LogP contribution >= 0.6 is 0 Å². The average molecular weight is 424 g/mol. The van der Waals surface area contributed by atoms with Crippen LogP contribution in [-0.4, -0.2) is 44.6 Å². The third kappa shape index (κ3) is 4.03. The van der Waals surface area contributed by atoms with Crippen molar-refractivity contribution in [3.05, 3.63) is 57.0 Å². The molecule has 1 aromatic heterocycles. The van der Waals surface area contributed by atoms with E-state index in [1.54, 1.807) is 13.2 Å². The zero-order valence-corrected chi connectivity index (χ0v) is 18.6. The smallest absolute Gasteiger partial charge is 0.266 e. The first-order chi connectivity index (χ1) is 14.9. The van der Waals surface area contributed by atoms with Gasteiger partial charge in [-0.1, -0.05) is 6.07 Å². The molecule has 1 aromatic carbocycles. The van der Waals surface area contributed by atoms with Gasteiger partial charge in [0.2, 0.25) is 0 Å². The molecule has 6 nitrogen and oxygen atoms in total. The van der Waals surface area contributed by atoms with Crippen LogP contribution in [0.4, 0.5) is 0 Å². The number of aliphatic hydroxyl groups is 1. The Hall–Kier alpha value is -2.18. The molecule has 0 saturated carbocycles. The molecule has 2 fully saturated rings. The minimum absolute atomic E-state index is 0.146. The molecule has 31 heavy (non-hydrogen) atoms. The highest BCUT2D eigenvalue weighted by Crippen LogP contribution is 2.43. The van der Waals surface area contributed by atoms with Gasteiger partial charge < -0.3 is 9.84 Å². The highest BCUT2D eigenvalue weighted by atomic mass is 16.5. The first-order valence-corrected chi connectivity index (χ1v) is 11.7. The Morgan fingerprint density at radius 2 is 1.81 bits per heavy atom. The lowest BCUT2D eigenvalue weighted by atomic mass is 9.85. The fourth-order valence-corrected chi connectivity index (χ4v) is 6.07. The lowest BCUT2D eigenvalue weighted by Crippen LogP contribution is -2.53. The van der Waals surface area contributed by atoms with Crippen molar-refractivity contribution < 1.29 is 9.84 Å². The molecule has 2 aromatic rings. The third-order valence-electron chi connectivity index (χ3n) is 7.54. The maximum absolute atomic E-state index is 12.2. The normalized spacial score (nSPS) is 27.8. The molecule has 2 saturated heterocycles. The molecule has 0 radical (unpaired) electrons. The van der Waals surface area contributed by atoms with E-state index >= 15 is 0 Å². The van der Waals surface area contributed by atoms with Gasteiger partial charge >= 0.3 is 0 Å². The predicted octanol–water partition coefficient (Wildman–Crippen LogP) is 3.00. The summed E-state index contributed by atoms with van der Waals surface area (Å²) in [7, 11) is 1.77. The molecule has 1 aliphatic carbocycles. The molecule has 0 spiro atoms. The summed E-state index contributed by atoms with van der Waals surface area (Å²) < 4.78 is 7.21. The van der Waals surface area contributed by atoms with Gasteiger partial charge in [-0.3, -0.25) is 9.69 Å². The molecule has 1 N–H and O–H groups in total. The Morgan fingerprint density at radius 3 is 2.48 bits per heavy atom. The number of fused-ring (bicyclic) bond motifs is 3. The fraction of sp³-hybridized carbons (Fsp3) is 0.600. The highest BCUT2D eigenvalue weighted by Gasteiger charge is 2.48. The Bertz CT molecular complexity index is 1020. The van der Waals surface area contributed by atoms with Crippen LogP contribution in [0.15, 0.2) is 29.1 Å². The molecule has 6 heteroatoms. The van der Waals surface area contributed by atoms with E-state index in [2.05, 4.69) is 22.1 Å². The summed E-state index contributed by atoms with van der Waals surface area (Å²) in [4.78, 5) is 14.8. The van der Waals surface area contributed by atoms with E-state index in [1.807, 2.05) is 6.92 Å². The van der Waals surface area contributed by atoms with Crippen molar-refractivity contribution in [2.45, 2.75) is 89.1 Å². The van der Waals surface area contributed by atoms with E-state index in [4.69, 9.17) is 4.74 Å². The molecule has 2 bridgehead atoms. The first kappa shape index (κ1) is 20.7. The van der Waals surface area contributed by atoms with Crippen molar-refractivity contribution in [1.29, 1.82) is 0 Å². The van der Waals surface area contributed by atoms with Crippen LogP contribution in [-0.2, 0) is 25.9 Å². The Balaban J connectivity index is 1.35. The number of methoxy groups -OCH3 is 1. The van der Waals surface area contributed by atoms with Crippen LogP contribution < -0.4 is 10.3 Å². The van der Waals surface area contributed by atoms with Crippen LogP contribution in [0.2, 0.25) is 0 Å². The van der Waals surface area contributed by atoms with Crippen molar-refractivity contribution in [3.8, 4) is 5.75 Å². The third-order valence-corrected chi connectivity index (χ3v) is 7.54. The largest absolute Gasteiger partial charge is 0.496 e. The van der Waals surface area contributed by atoms with E-state index in [0.717, 1.165) is 43.7 Å². The second-order valence-corrected chi connectivity index (χ2v) is 9.80. The molecular weight excluding hydrogens is 390 g/mol. The van der Waals surface area contributed by atoms with Gasteiger partial charge in [0.05, 0.1) is 24.9 Å². The number of aromatic nitrogens is 2. The van der Waals surface area contributed by atoms with Gasteiger partial charge in [0.15, 0.2) is 0 Å². The fourth-order valence-electron chi connectivity index (χ4n) is 6.07. The number of ether oxygens (including phenoxy) is 1. The van der Waals surface area contributed by atoms with Gasteiger partial charge in [-0.15, -0.1) is 0 Å². The zero-order chi connectivity index (χ0) is 21.6. The number of nitrogens with zero attached hydrogens (tertiary/aromatic N) is 3. The average Bonchev–Trinajstić information content (AvgIpc) is 3.00. The van der Waals surface area contributed by atoms with Crippen molar-refractivity contribution in [2.75, 3.05) is 7.11 Å². The summed E-state index contributed by atoms with van der Waals surface area (Å²) >= 11 is 0. The Kier molecular flexibility index (Phi) is 5.39. The van der Waals surface area contributed by atoms with Crippen LogP contribution in [0.3, 0.4) is 0 Å². The molecular formula is C25H33N3O3. The van der Waals surface area contributed by atoms with E-state index in [0.29, 0.717) is 24.9 Å². The summed E-state index contributed by atoms with van der Waals surface area (Å²) in [6, 6.07) is 8.53. The highest BCUT2D eigenvalue weighted by molar-refractivity contribution is 5.44. The standard InChI is InChI=1S/C25H33N3O3/c1-17-7-10-24(29)28(26-17)16-25(30)13-21-8-9-22(14-25)27(21)15-20-11-18-5-3-4-6-19(18)12-23(20)31-2/h7,10-12,21-22,30H,3-6,8-9,13-16H2,1-2H3. The minimum Gasteiger partial charge on any atom is -0.496 e. The molecule has 3 heterocycles. The molecule has 166 valence electrons. The van der Waals surface area contributed by atoms with Crippen LogP contribution in [0.25, 0.3) is 0 Å². The number of piperidine rings is 1. The molecule has 5 rings (SSSR count). The van der Waals surface area contributed by atoms with Gasteiger partial charge in [-0.2, -0.15) is 5.10 Å². The lowest BCUT2D eigenvalue weighted by Gasteiger charge is -2.44. The van der Waals surface area contributed by atoms with Gasteiger partial charge in [0.1, 0.15) is 5.75 Å². The van der Waals surface area contributed by atoms with Crippen LogP contribution in [0.1, 0.15) is 60.9 Å². The quantitative estimate of drug-likeness (QED) is 0.801. The zero-order valence-electron chi connectivity index (χ0n) is 18.6. The summed E-state index contributed by atoms with van der Waals surface area (Å²) in [5, 5.41) is 15.8. The van der Waals surface area contributed by atoms with E-state index in [9.17, 15) is 9.90 Å². The van der Waals surface area contributed by atoms with Crippen LogP contribution in [0, 0.1) is 6.92 Å². The monoisotopic (exact) mass is 423 g/mol. The van der Waals surface area contributed by atoms with Crippen molar-refractivity contribution >= 4 is 0 Å².